The van der Waals surface area contributed by atoms with Gasteiger partial charge in [-0.25, -0.2) is 0 Å². The van der Waals surface area contributed by atoms with Crippen molar-refractivity contribution in [2.75, 3.05) is 6.54 Å². The summed E-state index contributed by atoms with van der Waals surface area (Å²) in [6, 6.07) is 0.654. The van der Waals surface area contributed by atoms with E-state index >= 15 is 0 Å². The van der Waals surface area contributed by atoms with Crippen LogP contribution >= 0.6 is 0 Å². The normalized spacial score (nSPS) is 39.8. The predicted octanol–water partition coefficient (Wildman–Crippen LogP) is 2.32. The maximum absolute atomic E-state index is 10.00. The molecule has 2 N–H and O–H groups in total. The Labute approximate surface area is 93.5 Å². The summed E-state index contributed by atoms with van der Waals surface area (Å²) in [4.78, 5) is 0. The molecule has 2 fully saturated rings. The van der Waals surface area contributed by atoms with Crippen LogP contribution in [-0.4, -0.2) is 23.3 Å². The van der Waals surface area contributed by atoms with Gasteiger partial charge in [-0.1, -0.05) is 13.8 Å². The molecule has 3 unspecified atom stereocenters. The minimum Gasteiger partial charge on any atom is -0.389 e. The third-order valence-electron chi connectivity index (χ3n) is 4.60. The maximum atomic E-state index is 10.00. The molecule has 15 heavy (non-hydrogen) atoms. The quantitative estimate of drug-likeness (QED) is 0.751. The fourth-order valence-electron chi connectivity index (χ4n) is 2.83. The first-order valence-electron chi connectivity index (χ1n) is 6.55. The molecule has 0 aliphatic heterocycles. The lowest BCUT2D eigenvalue weighted by Gasteiger charge is -2.40. The van der Waals surface area contributed by atoms with Crippen molar-refractivity contribution in [3.05, 3.63) is 0 Å². The highest BCUT2D eigenvalue weighted by Gasteiger charge is 2.35. The fourth-order valence-corrected chi connectivity index (χ4v) is 2.83. The Hall–Kier alpha value is -0.0800. The highest BCUT2D eigenvalue weighted by atomic mass is 16.3. The van der Waals surface area contributed by atoms with Gasteiger partial charge in [0.05, 0.1) is 5.60 Å². The van der Waals surface area contributed by atoms with Crippen molar-refractivity contribution in [2.45, 2.75) is 64.0 Å². The fraction of sp³-hybridized carbons (Fsp3) is 1.00. The molecule has 0 amide bonds. The molecule has 0 aromatic heterocycles. The van der Waals surface area contributed by atoms with Crippen molar-refractivity contribution < 1.29 is 5.11 Å². The Morgan fingerprint density at radius 1 is 1.20 bits per heavy atom. The van der Waals surface area contributed by atoms with Crippen LogP contribution in [0.1, 0.15) is 52.4 Å². The van der Waals surface area contributed by atoms with Gasteiger partial charge in [0, 0.05) is 12.6 Å². The van der Waals surface area contributed by atoms with E-state index in [0.717, 1.165) is 31.2 Å². The van der Waals surface area contributed by atoms with E-state index in [4.69, 9.17) is 0 Å². The summed E-state index contributed by atoms with van der Waals surface area (Å²) in [7, 11) is 0. The van der Waals surface area contributed by atoms with Gasteiger partial charge in [-0.3, -0.25) is 0 Å². The van der Waals surface area contributed by atoms with Crippen molar-refractivity contribution in [2.24, 2.45) is 11.8 Å². The molecule has 2 nitrogen and oxygen atoms in total. The van der Waals surface area contributed by atoms with E-state index in [1.165, 1.54) is 25.7 Å². The molecule has 0 radical (unpaired) electrons. The van der Waals surface area contributed by atoms with Crippen LogP contribution in [0.15, 0.2) is 0 Å². The number of aliphatic hydroxyl groups is 1. The van der Waals surface area contributed by atoms with Crippen LogP contribution in [0.25, 0.3) is 0 Å². The molecule has 2 aliphatic carbocycles. The topological polar surface area (TPSA) is 32.3 Å². The molecule has 0 heterocycles. The second-order valence-electron chi connectivity index (χ2n) is 5.92. The molecule has 0 saturated heterocycles. The van der Waals surface area contributed by atoms with E-state index in [-0.39, 0.29) is 5.60 Å². The average Bonchev–Trinajstić information content (AvgIpc) is 2.17. The molecule has 0 aromatic rings. The lowest BCUT2D eigenvalue weighted by atomic mass is 9.77. The first-order valence-corrected chi connectivity index (χ1v) is 6.55. The monoisotopic (exact) mass is 211 g/mol. The molecule has 88 valence electrons. The Morgan fingerprint density at radius 3 is 2.47 bits per heavy atom. The molecule has 3 atom stereocenters. The second-order valence-corrected chi connectivity index (χ2v) is 5.92. The number of rotatable bonds is 3. The van der Waals surface area contributed by atoms with E-state index in [1.54, 1.807) is 0 Å². The number of nitrogens with one attached hydrogen (secondary N) is 1. The SMILES string of the molecule is CC1CCC(NCC2(O)CCC2)CC1C. The zero-order valence-electron chi connectivity index (χ0n) is 10.1. The van der Waals surface area contributed by atoms with E-state index in [2.05, 4.69) is 19.2 Å². The van der Waals surface area contributed by atoms with Gasteiger partial charge >= 0.3 is 0 Å². The average molecular weight is 211 g/mol. The van der Waals surface area contributed by atoms with Crippen LogP contribution in [-0.2, 0) is 0 Å². The lowest BCUT2D eigenvalue weighted by molar-refractivity contribution is -0.0347. The molecule has 2 saturated carbocycles. The van der Waals surface area contributed by atoms with Crippen molar-refractivity contribution in [3.8, 4) is 0 Å². The van der Waals surface area contributed by atoms with Crippen molar-refractivity contribution >= 4 is 0 Å². The zero-order valence-corrected chi connectivity index (χ0v) is 10.1. The summed E-state index contributed by atoms with van der Waals surface area (Å²) in [5.41, 5.74) is -0.355. The van der Waals surface area contributed by atoms with Gasteiger partial charge in [-0.2, -0.15) is 0 Å². The van der Waals surface area contributed by atoms with Crippen LogP contribution in [0, 0.1) is 11.8 Å². The van der Waals surface area contributed by atoms with E-state index in [9.17, 15) is 5.11 Å². The van der Waals surface area contributed by atoms with Gasteiger partial charge in [-0.05, 0) is 50.4 Å². The van der Waals surface area contributed by atoms with Crippen molar-refractivity contribution in [3.63, 3.8) is 0 Å². The van der Waals surface area contributed by atoms with E-state index in [1.807, 2.05) is 0 Å². The maximum Gasteiger partial charge on any atom is 0.0771 e. The Morgan fingerprint density at radius 2 is 1.93 bits per heavy atom. The summed E-state index contributed by atoms with van der Waals surface area (Å²) in [5.74, 6) is 1.72. The van der Waals surface area contributed by atoms with Crippen LogP contribution in [0.5, 0.6) is 0 Å². The van der Waals surface area contributed by atoms with E-state index < -0.39 is 0 Å². The highest BCUT2D eigenvalue weighted by Crippen LogP contribution is 2.33. The van der Waals surface area contributed by atoms with Crippen LogP contribution in [0.4, 0.5) is 0 Å². The van der Waals surface area contributed by atoms with Gasteiger partial charge in [0.2, 0.25) is 0 Å². The molecule has 2 heteroatoms. The molecule has 0 aromatic carbocycles. The van der Waals surface area contributed by atoms with Gasteiger partial charge in [0.25, 0.3) is 0 Å². The first kappa shape index (κ1) is 11.4. The first-order chi connectivity index (χ1) is 7.09. The summed E-state index contributed by atoms with van der Waals surface area (Å²) in [5, 5.41) is 13.6. The Bertz CT molecular complexity index is 213. The zero-order chi connectivity index (χ0) is 10.9. The molecule has 0 spiro atoms. The second kappa shape index (κ2) is 4.42. The number of hydrogen-bond donors (Lipinski definition) is 2. The van der Waals surface area contributed by atoms with Crippen molar-refractivity contribution in [1.29, 1.82) is 0 Å². The van der Waals surface area contributed by atoms with Crippen molar-refractivity contribution in [1.82, 2.24) is 5.32 Å². The third-order valence-corrected chi connectivity index (χ3v) is 4.60. The van der Waals surface area contributed by atoms with Gasteiger partial charge < -0.3 is 10.4 Å². The minimum atomic E-state index is -0.355. The summed E-state index contributed by atoms with van der Waals surface area (Å²) in [6.45, 7) is 5.54. The Kier molecular flexibility index (Phi) is 3.36. The Balaban J connectivity index is 1.71. The van der Waals surface area contributed by atoms with Gasteiger partial charge in [0.15, 0.2) is 0 Å². The third kappa shape index (κ3) is 2.73. The standard InChI is InChI=1S/C13H25NO/c1-10-4-5-12(8-11(10)2)14-9-13(15)6-3-7-13/h10-12,14-15H,3-9H2,1-2H3. The summed E-state index contributed by atoms with van der Waals surface area (Å²) >= 11 is 0. The highest BCUT2D eigenvalue weighted by molar-refractivity contribution is 4.91. The van der Waals surface area contributed by atoms with E-state index in [0.29, 0.717) is 6.04 Å². The molecule has 2 rings (SSSR count). The smallest absolute Gasteiger partial charge is 0.0771 e. The van der Waals surface area contributed by atoms with Gasteiger partial charge in [-0.15, -0.1) is 0 Å². The van der Waals surface area contributed by atoms with Gasteiger partial charge in [0.1, 0.15) is 0 Å². The summed E-state index contributed by atoms with van der Waals surface area (Å²) in [6.07, 6.45) is 7.13. The van der Waals surface area contributed by atoms with Crippen LogP contribution in [0.2, 0.25) is 0 Å². The van der Waals surface area contributed by atoms with Crippen LogP contribution < -0.4 is 5.32 Å². The number of hydrogen-bond acceptors (Lipinski definition) is 2. The molecular formula is C13H25NO. The summed E-state index contributed by atoms with van der Waals surface area (Å²) < 4.78 is 0. The minimum absolute atomic E-state index is 0.355. The largest absolute Gasteiger partial charge is 0.389 e. The molecular weight excluding hydrogens is 186 g/mol. The molecule has 0 bridgehead atoms. The predicted molar refractivity (Wildman–Crippen MR) is 62.8 cm³/mol. The molecule has 2 aliphatic rings. The lowest BCUT2D eigenvalue weighted by Crippen LogP contribution is -2.50. The van der Waals surface area contributed by atoms with Crippen LogP contribution in [0.3, 0.4) is 0 Å².